The maximum Gasteiger partial charge on any atom is 0.217 e. The van der Waals surface area contributed by atoms with Gasteiger partial charge in [0.15, 0.2) is 50.3 Å². The summed E-state index contributed by atoms with van der Waals surface area (Å²) in [6.07, 6.45) is -69.5. The van der Waals surface area contributed by atoms with E-state index < -0.39 is 296 Å². The quantitative estimate of drug-likeness (QED) is 0.0479. The minimum Gasteiger partial charge on any atom is -0.394 e. The number of hydrogen-bond donors (Lipinski definition) is 23. The van der Waals surface area contributed by atoms with Gasteiger partial charge in [-0.15, -0.1) is 0 Å². The SMILES string of the molecule is CC(=O)N[C@H]1[C@H](O[C@H]2[C@@H](O)[C@@H](CO[C@@H]3O[C@H](CO)[C@@H](O[C@@H]4O[C@H](CO)[C@H](O)[C@H](O)[C@H]4O[C@@H]4O[C@@H](C)[C@@H](O)[C@@H](O)[C@@H]4O)[C@H](O[C@@H]4O[C@@H](C)[C@@H](O)[C@@H](O)[C@@H]4O)[C@H]3NC(C)=O)OC(O)[C@@H]2NC(C)=O)O[C@H](CO)[C@@H](O[C@@H]2O[C@H](CO)[C@H](O)[C@H](O)[C@H]2O[C@@H]2O[C@@H](C)[C@@H](O)[C@@H](O)[C@@H]2O)[C@@H]1O. The van der Waals surface area contributed by atoms with E-state index in [9.17, 15) is 117 Å². The number of carbonyl (C=O) groups is 3. The van der Waals surface area contributed by atoms with Crippen molar-refractivity contribution in [1.82, 2.24) is 16.0 Å². The number of nitrogens with one attached hydrogen (secondary N) is 3. The van der Waals surface area contributed by atoms with E-state index in [1.807, 2.05) is 0 Å². The number of hydrogen-bond acceptors (Lipinski definition) is 38. The van der Waals surface area contributed by atoms with E-state index in [4.69, 9.17) is 71.1 Å². The Balaban J connectivity index is 1.07. The van der Waals surface area contributed by atoms with E-state index in [-0.39, 0.29) is 0 Å². The summed E-state index contributed by atoms with van der Waals surface area (Å²) in [5, 5.41) is 227. The molecule has 0 aromatic carbocycles. The van der Waals surface area contributed by atoms with Gasteiger partial charge in [-0.2, -0.15) is 0 Å². The standard InChI is InChI=1S/C54H91N3O38/c1-12-26(65)33(72)38(77)50(82-12)93-44-25(57-17(6)64)48(88-21(10-61)42(44)91-54-46(37(76)30(69)19(8-59)87-54)95-52-40(79)35(74)28(67)14(3)84-52)81-11-22-31(70)43(24(47(80)85-22)56-16(5)63)92-49-23(55-15(4)62)32(71)41(20(9-60)89-49)90-53-45(36(75)29(68)18(7-58)86-53)94-51-39(78)34(73)27(66)13(2)83-51/h12-14,18-54,58-61,65-80H,7-11H2,1-6H3,(H,55,62)(H,56,63)(H,57,64)/t12-,13-,14-,18+,19+,20+,21+,22+,23+,24+,25+,26+,27+,28+,29-,30-,31-,32+,33+,34+,35+,36-,37-,38-,39-,40-,41+,42+,43+,44+,45+,46+,47?,48+,49-,50-,51-,52-,53-,54-/m0/s1. The van der Waals surface area contributed by atoms with Gasteiger partial charge in [0.05, 0.1) is 51.3 Å². The molecule has 1 unspecified atom stereocenters. The molecule has 0 aromatic rings. The Morgan fingerprint density at radius 1 is 0.295 bits per heavy atom. The number of rotatable bonds is 22. The molecular formula is C54H91N3O38. The summed E-state index contributed by atoms with van der Waals surface area (Å²) < 4.78 is 89.2. The van der Waals surface area contributed by atoms with Crippen molar-refractivity contribution in [3.05, 3.63) is 0 Å². The van der Waals surface area contributed by atoms with Gasteiger partial charge in [-0.25, -0.2) is 0 Å². The average Bonchev–Trinajstić information content (AvgIpc) is 0.775. The normalized spacial score (nSPS) is 50.7. The topological polar surface area (TPSA) is 630 Å². The molecule has 0 aliphatic carbocycles. The molecule has 550 valence electrons. The predicted molar refractivity (Wildman–Crippen MR) is 295 cm³/mol. The van der Waals surface area contributed by atoms with Crippen molar-refractivity contribution in [2.24, 2.45) is 0 Å². The van der Waals surface area contributed by atoms with Crippen LogP contribution in [-0.4, -0.2) is 398 Å². The van der Waals surface area contributed by atoms with Crippen molar-refractivity contribution in [1.29, 1.82) is 0 Å². The van der Waals surface area contributed by atoms with E-state index >= 15 is 0 Å². The first-order chi connectivity index (χ1) is 44.8. The van der Waals surface area contributed by atoms with Gasteiger partial charge in [-0.05, 0) is 20.8 Å². The van der Waals surface area contributed by atoms with Gasteiger partial charge in [-0.1, -0.05) is 0 Å². The van der Waals surface area contributed by atoms with E-state index in [1.165, 1.54) is 20.8 Å². The van der Waals surface area contributed by atoms with E-state index in [1.54, 1.807) is 0 Å². The van der Waals surface area contributed by atoms with Crippen LogP contribution in [0.25, 0.3) is 0 Å². The Morgan fingerprint density at radius 2 is 0.642 bits per heavy atom. The largest absolute Gasteiger partial charge is 0.394 e. The summed E-state index contributed by atoms with van der Waals surface area (Å²) in [4.78, 5) is 39.0. The van der Waals surface area contributed by atoms with Crippen LogP contribution >= 0.6 is 0 Å². The lowest BCUT2D eigenvalue weighted by Gasteiger charge is -2.51. The number of aliphatic hydroxyl groups is 20. The molecule has 0 radical (unpaired) electrons. The van der Waals surface area contributed by atoms with Gasteiger partial charge in [0.25, 0.3) is 0 Å². The monoisotopic (exact) mass is 1390 g/mol. The maximum absolute atomic E-state index is 13.3. The lowest BCUT2D eigenvalue weighted by atomic mass is 9.93. The van der Waals surface area contributed by atoms with Crippen LogP contribution in [0.2, 0.25) is 0 Å². The van der Waals surface area contributed by atoms with E-state index in [0.29, 0.717) is 0 Å². The molecule has 0 bridgehead atoms. The molecule has 8 aliphatic heterocycles. The zero-order valence-electron chi connectivity index (χ0n) is 51.9. The molecule has 8 aliphatic rings. The molecule has 8 fully saturated rings. The highest BCUT2D eigenvalue weighted by Gasteiger charge is 2.60. The Kier molecular flexibility index (Phi) is 27.2. The fourth-order valence-corrected chi connectivity index (χ4v) is 12.4. The van der Waals surface area contributed by atoms with Gasteiger partial charge in [-0.3, -0.25) is 14.4 Å². The number of ether oxygens (including phenoxy) is 15. The molecule has 40 atom stereocenters. The van der Waals surface area contributed by atoms with Crippen molar-refractivity contribution in [2.75, 3.05) is 33.0 Å². The van der Waals surface area contributed by atoms with Gasteiger partial charge in [0, 0.05) is 20.8 Å². The summed E-state index contributed by atoms with van der Waals surface area (Å²) in [7, 11) is 0. The molecule has 0 saturated carbocycles. The van der Waals surface area contributed by atoms with Crippen LogP contribution in [0.1, 0.15) is 41.5 Å². The summed E-state index contributed by atoms with van der Waals surface area (Å²) in [5.74, 6) is -2.65. The number of carbonyl (C=O) groups excluding carboxylic acids is 3. The third-order valence-corrected chi connectivity index (χ3v) is 17.7. The predicted octanol–water partition coefficient (Wildman–Crippen LogP) is -14.9. The highest BCUT2D eigenvalue weighted by Crippen LogP contribution is 2.39. The third kappa shape index (κ3) is 17.0. The first-order valence-corrected chi connectivity index (χ1v) is 30.7. The van der Waals surface area contributed by atoms with E-state index in [2.05, 4.69) is 16.0 Å². The van der Waals surface area contributed by atoms with Crippen LogP contribution in [0, 0.1) is 0 Å². The fraction of sp³-hybridized carbons (Fsp3) is 0.944. The molecule has 8 heterocycles. The summed E-state index contributed by atoms with van der Waals surface area (Å²) >= 11 is 0. The molecular weight excluding hydrogens is 1300 g/mol. The molecule has 8 rings (SSSR count). The third-order valence-electron chi connectivity index (χ3n) is 17.7. The van der Waals surface area contributed by atoms with Crippen LogP contribution in [0.15, 0.2) is 0 Å². The molecule has 3 amide bonds. The van der Waals surface area contributed by atoms with Crippen molar-refractivity contribution in [3.63, 3.8) is 0 Å². The molecule has 95 heavy (non-hydrogen) atoms. The molecule has 0 spiro atoms. The second-order valence-electron chi connectivity index (χ2n) is 24.6. The van der Waals surface area contributed by atoms with Crippen molar-refractivity contribution in [3.8, 4) is 0 Å². The minimum absolute atomic E-state index is 0.862. The fourth-order valence-electron chi connectivity index (χ4n) is 12.4. The second kappa shape index (κ2) is 33.2. The number of amides is 3. The van der Waals surface area contributed by atoms with Gasteiger partial charge in [0.2, 0.25) is 17.7 Å². The Bertz CT molecular complexity index is 2460. The van der Waals surface area contributed by atoms with E-state index in [0.717, 1.165) is 20.8 Å². The Morgan fingerprint density at radius 3 is 1.06 bits per heavy atom. The number of aliphatic hydroxyl groups excluding tert-OH is 20. The molecule has 41 heteroatoms. The second-order valence-corrected chi connectivity index (χ2v) is 24.6. The van der Waals surface area contributed by atoms with Crippen LogP contribution in [0.4, 0.5) is 0 Å². The lowest BCUT2D eigenvalue weighted by molar-refractivity contribution is -0.394. The molecule has 23 N–H and O–H groups in total. The molecule has 8 saturated heterocycles. The Hall–Kier alpha value is -2.99. The smallest absolute Gasteiger partial charge is 0.217 e. The van der Waals surface area contributed by atoms with Crippen molar-refractivity contribution >= 4 is 17.7 Å². The summed E-state index contributed by atoms with van der Waals surface area (Å²) in [6, 6.07) is -5.48. The first-order valence-electron chi connectivity index (χ1n) is 30.7. The molecule has 0 aromatic heterocycles. The lowest BCUT2D eigenvalue weighted by Crippen LogP contribution is -2.71. The van der Waals surface area contributed by atoms with Crippen LogP contribution < -0.4 is 16.0 Å². The van der Waals surface area contributed by atoms with Gasteiger partial charge < -0.3 is 189 Å². The maximum atomic E-state index is 13.3. The molecule has 41 nitrogen and oxygen atoms in total. The van der Waals surface area contributed by atoms with Gasteiger partial charge >= 0.3 is 0 Å². The minimum atomic E-state index is -2.19. The van der Waals surface area contributed by atoms with Crippen molar-refractivity contribution in [2.45, 2.75) is 287 Å². The Labute approximate surface area is 540 Å². The van der Waals surface area contributed by atoms with Crippen LogP contribution in [-0.2, 0) is 85.4 Å². The summed E-state index contributed by atoms with van der Waals surface area (Å²) in [6.45, 7) is 1.73. The highest BCUT2D eigenvalue weighted by molar-refractivity contribution is 5.74. The van der Waals surface area contributed by atoms with Crippen LogP contribution in [0.3, 0.4) is 0 Å². The average molecular weight is 1390 g/mol. The van der Waals surface area contributed by atoms with Crippen LogP contribution in [0.5, 0.6) is 0 Å². The zero-order chi connectivity index (χ0) is 70.1. The van der Waals surface area contributed by atoms with Crippen molar-refractivity contribution < 1.29 is 188 Å². The zero-order valence-corrected chi connectivity index (χ0v) is 51.9. The first kappa shape index (κ1) is 77.7. The summed E-state index contributed by atoms with van der Waals surface area (Å²) in [5.41, 5.74) is 0. The van der Waals surface area contributed by atoms with Gasteiger partial charge in [0.1, 0.15) is 177 Å². The highest BCUT2D eigenvalue weighted by atomic mass is 16.8.